The van der Waals surface area contributed by atoms with E-state index < -0.39 is 0 Å². The molecule has 0 radical (unpaired) electrons. The van der Waals surface area contributed by atoms with E-state index in [9.17, 15) is 0 Å². The van der Waals surface area contributed by atoms with Gasteiger partial charge in [-0.15, -0.1) is 0 Å². The van der Waals surface area contributed by atoms with Gasteiger partial charge >= 0.3 is 0 Å². The van der Waals surface area contributed by atoms with E-state index in [2.05, 4.69) is 22.2 Å². The second-order valence-electron chi connectivity index (χ2n) is 3.82. The van der Waals surface area contributed by atoms with Crippen LogP contribution in [0.3, 0.4) is 0 Å². The maximum absolute atomic E-state index is 5.72. The summed E-state index contributed by atoms with van der Waals surface area (Å²) in [4.78, 5) is 8.12. The monoisotopic (exact) mass is 224 g/mol. The molecule has 1 heterocycles. The fraction of sp³-hybridized carbons (Fsp3) is 0.636. The van der Waals surface area contributed by atoms with E-state index in [0.29, 0.717) is 12.4 Å². The van der Waals surface area contributed by atoms with Crippen molar-refractivity contribution < 1.29 is 4.74 Å². The van der Waals surface area contributed by atoms with Gasteiger partial charge in [-0.3, -0.25) is 0 Å². The average Bonchev–Trinajstić information content (AvgIpc) is 2.25. The molecule has 0 saturated heterocycles. The number of rotatable bonds is 6. The molecule has 3 N–H and O–H groups in total. The molecule has 5 nitrogen and oxygen atoms in total. The molecule has 0 bridgehead atoms. The van der Waals surface area contributed by atoms with E-state index in [0.717, 1.165) is 24.2 Å². The molecule has 1 atom stereocenters. The predicted molar refractivity (Wildman–Crippen MR) is 65.4 cm³/mol. The molecule has 16 heavy (non-hydrogen) atoms. The van der Waals surface area contributed by atoms with Crippen LogP contribution in [0, 0.1) is 6.92 Å². The standard InChI is InChI=1S/C11H20N4O/c1-4-5-9(6-16-3)15-11-8(2)10(12)13-7-14-11/h7,9H,4-6H2,1-3H3,(H3,12,13,14,15). The number of aromatic nitrogens is 2. The van der Waals surface area contributed by atoms with Crippen molar-refractivity contribution in [3.8, 4) is 0 Å². The molecule has 1 aromatic heterocycles. The topological polar surface area (TPSA) is 73.1 Å². The lowest BCUT2D eigenvalue weighted by atomic mass is 10.1. The second kappa shape index (κ2) is 6.27. The Bertz CT molecular complexity index is 324. The van der Waals surface area contributed by atoms with Crippen LogP contribution in [0.15, 0.2) is 6.33 Å². The van der Waals surface area contributed by atoms with Crippen LogP contribution in [0.4, 0.5) is 11.6 Å². The molecule has 5 heteroatoms. The van der Waals surface area contributed by atoms with E-state index in [1.54, 1.807) is 7.11 Å². The van der Waals surface area contributed by atoms with Crippen molar-refractivity contribution in [2.75, 3.05) is 24.8 Å². The lowest BCUT2D eigenvalue weighted by molar-refractivity contribution is 0.182. The normalized spacial score (nSPS) is 12.4. The number of ether oxygens (including phenoxy) is 1. The summed E-state index contributed by atoms with van der Waals surface area (Å²) in [6.07, 6.45) is 3.61. The maximum atomic E-state index is 5.72. The van der Waals surface area contributed by atoms with Gasteiger partial charge in [-0.05, 0) is 13.3 Å². The highest BCUT2D eigenvalue weighted by Crippen LogP contribution is 2.17. The Morgan fingerprint density at radius 1 is 1.50 bits per heavy atom. The van der Waals surface area contributed by atoms with Gasteiger partial charge in [-0.1, -0.05) is 13.3 Å². The SMILES string of the molecule is CCCC(COC)Nc1ncnc(N)c1C. The third-order valence-corrected chi connectivity index (χ3v) is 2.47. The zero-order valence-corrected chi connectivity index (χ0v) is 10.2. The summed E-state index contributed by atoms with van der Waals surface area (Å²) in [7, 11) is 1.70. The van der Waals surface area contributed by atoms with Crippen LogP contribution in [0.2, 0.25) is 0 Å². The van der Waals surface area contributed by atoms with E-state index in [-0.39, 0.29) is 6.04 Å². The molecule has 90 valence electrons. The third-order valence-electron chi connectivity index (χ3n) is 2.47. The number of methoxy groups -OCH3 is 1. The molecule has 0 aliphatic carbocycles. The Hall–Kier alpha value is -1.36. The van der Waals surface area contributed by atoms with E-state index in [1.807, 2.05) is 6.92 Å². The van der Waals surface area contributed by atoms with Gasteiger partial charge in [0.05, 0.1) is 12.6 Å². The maximum Gasteiger partial charge on any atom is 0.134 e. The number of nitrogens with zero attached hydrogens (tertiary/aromatic N) is 2. The van der Waals surface area contributed by atoms with Crippen molar-refractivity contribution >= 4 is 11.6 Å². The molecular weight excluding hydrogens is 204 g/mol. The largest absolute Gasteiger partial charge is 0.383 e. The number of nitrogens with one attached hydrogen (secondary N) is 1. The minimum absolute atomic E-state index is 0.267. The van der Waals surface area contributed by atoms with Gasteiger partial charge in [0, 0.05) is 12.7 Å². The molecule has 1 unspecified atom stereocenters. The number of hydrogen-bond acceptors (Lipinski definition) is 5. The van der Waals surface area contributed by atoms with Gasteiger partial charge in [-0.25, -0.2) is 9.97 Å². The number of nitrogens with two attached hydrogens (primary N) is 1. The van der Waals surface area contributed by atoms with Gasteiger partial charge in [0.25, 0.3) is 0 Å². The summed E-state index contributed by atoms with van der Waals surface area (Å²) in [5, 5.41) is 3.33. The summed E-state index contributed by atoms with van der Waals surface area (Å²) >= 11 is 0. The molecule has 0 aromatic carbocycles. The van der Waals surface area contributed by atoms with E-state index in [4.69, 9.17) is 10.5 Å². The molecule has 1 aromatic rings. The van der Waals surface area contributed by atoms with Crippen molar-refractivity contribution in [2.45, 2.75) is 32.7 Å². The minimum Gasteiger partial charge on any atom is -0.383 e. The Labute approximate surface area is 96.4 Å². The van der Waals surface area contributed by atoms with Crippen molar-refractivity contribution in [1.82, 2.24) is 9.97 Å². The van der Waals surface area contributed by atoms with Crippen molar-refractivity contribution in [3.63, 3.8) is 0 Å². The van der Waals surface area contributed by atoms with Crippen molar-refractivity contribution in [2.24, 2.45) is 0 Å². The molecule has 0 amide bonds. The summed E-state index contributed by atoms with van der Waals surface area (Å²) in [5.41, 5.74) is 6.61. The van der Waals surface area contributed by atoms with Gasteiger partial charge in [0.2, 0.25) is 0 Å². The Balaban J connectivity index is 2.72. The van der Waals surface area contributed by atoms with Crippen LogP contribution in [0.25, 0.3) is 0 Å². The quantitative estimate of drug-likeness (QED) is 0.767. The smallest absolute Gasteiger partial charge is 0.134 e. The Morgan fingerprint density at radius 3 is 2.88 bits per heavy atom. The number of nitrogen functional groups attached to an aromatic ring is 1. The van der Waals surface area contributed by atoms with Crippen LogP contribution in [0.1, 0.15) is 25.3 Å². The van der Waals surface area contributed by atoms with Gasteiger partial charge in [0.1, 0.15) is 18.0 Å². The Kier molecular flexibility index (Phi) is 4.98. The first-order chi connectivity index (χ1) is 7.69. The van der Waals surface area contributed by atoms with Crippen molar-refractivity contribution in [3.05, 3.63) is 11.9 Å². The lowest BCUT2D eigenvalue weighted by Gasteiger charge is -2.19. The molecule has 0 aliphatic heterocycles. The highest BCUT2D eigenvalue weighted by molar-refractivity contribution is 5.54. The van der Waals surface area contributed by atoms with Crippen LogP contribution >= 0.6 is 0 Å². The summed E-state index contributed by atoms with van der Waals surface area (Å²) in [6.45, 7) is 4.72. The van der Waals surface area contributed by atoms with E-state index in [1.165, 1.54) is 6.33 Å². The Morgan fingerprint density at radius 2 is 2.25 bits per heavy atom. The summed E-state index contributed by atoms with van der Waals surface area (Å²) < 4.78 is 5.16. The molecule has 0 saturated carbocycles. The zero-order chi connectivity index (χ0) is 12.0. The average molecular weight is 224 g/mol. The first kappa shape index (κ1) is 12.7. The first-order valence-electron chi connectivity index (χ1n) is 5.51. The third kappa shape index (κ3) is 3.34. The van der Waals surface area contributed by atoms with Gasteiger partial charge < -0.3 is 15.8 Å². The highest BCUT2D eigenvalue weighted by Gasteiger charge is 2.10. The lowest BCUT2D eigenvalue weighted by Crippen LogP contribution is -2.26. The van der Waals surface area contributed by atoms with Crippen LogP contribution in [-0.4, -0.2) is 29.7 Å². The molecule has 0 spiro atoms. The molecule has 1 rings (SSSR count). The molecule has 0 fully saturated rings. The summed E-state index contributed by atoms with van der Waals surface area (Å²) in [6, 6.07) is 0.267. The fourth-order valence-electron chi connectivity index (χ4n) is 1.55. The molecule has 0 aliphatic rings. The second-order valence-corrected chi connectivity index (χ2v) is 3.82. The summed E-state index contributed by atoms with van der Waals surface area (Å²) in [5.74, 6) is 1.31. The van der Waals surface area contributed by atoms with Crippen LogP contribution in [0.5, 0.6) is 0 Å². The fourth-order valence-corrected chi connectivity index (χ4v) is 1.55. The predicted octanol–water partition coefficient (Wildman–Crippen LogP) is 1.59. The number of anilines is 2. The molecular formula is C11H20N4O. The van der Waals surface area contributed by atoms with Crippen LogP contribution < -0.4 is 11.1 Å². The van der Waals surface area contributed by atoms with Gasteiger partial charge in [0.15, 0.2) is 0 Å². The van der Waals surface area contributed by atoms with E-state index >= 15 is 0 Å². The number of hydrogen-bond donors (Lipinski definition) is 2. The van der Waals surface area contributed by atoms with Crippen molar-refractivity contribution in [1.29, 1.82) is 0 Å². The van der Waals surface area contributed by atoms with Gasteiger partial charge in [-0.2, -0.15) is 0 Å². The minimum atomic E-state index is 0.267. The zero-order valence-electron chi connectivity index (χ0n) is 10.2. The first-order valence-corrected chi connectivity index (χ1v) is 5.51. The van der Waals surface area contributed by atoms with Crippen LogP contribution in [-0.2, 0) is 4.74 Å². The highest BCUT2D eigenvalue weighted by atomic mass is 16.5.